The number of benzene rings is 1. The van der Waals surface area contributed by atoms with Crippen molar-refractivity contribution in [3.05, 3.63) is 60.7 Å². The van der Waals surface area contributed by atoms with Crippen LogP contribution in [0.4, 0.5) is 5.69 Å². The van der Waals surface area contributed by atoms with Gasteiger partial charge in [0, 0.05) is 10.9 Å². The van der Waals surface area contributed by atoms with Crippen molar-refractivity contribution in [1.29, 1.82) is 0 Å². The highest BCUT2D eigenvalue weighted by Gasteiger charge is 2.20. The monoisotopic (exact) mass is 341 g/mol. The average molecular weight is 342 g/mol. The standard InChI is InChI=1S/C12H8BrNO4S/c13-11-9(4-1-5-10(11)14(16)17)12(15)18-7-8-3-2-6-19-8/h1-6H,7H2. The van der Waals surface area contributed by atoms with Crippen LogP contribution in [0, 0.1) is 10.1 Å². The van der Waals surface area contributed by atoms with Crippen molar-refractivity contribution in [2.24, 2.45) is 0 Å². The Bertz CT molecular complexity index is 612. The summed E-state index contributed by atoms with van der Waals surface area (Å²) in [6, 6.07) is 7.95. The van der Waals surface area contributed by atoms with Crippen molar-refractivity contribution >= 4 is 38.9 Å². The van der Waals surface area contributed by atoms with Gasteiger partial charge in [0.05, 0.1) is 10.5 Å². The number of nitrogens with zero attached hydrogens (tertiary/aromatic N) is 1. The Morgan fingerprint density at radius 1 is 1.37 bits per heavy atom. The molecule has 2 aromatic rings. The van der Waals surface area contributed by atoms with Crippen LogP contribution in [-0.2, 0) is 11.3 Å². The average Bonchev–Trinajstić information content (AvgIpc) is 2.89. The van der Waals surface area contributed by atoms with Crippen molar-refractivity contribution in [3.8, 4) is 0 Å². The number of hydrogen-bond donors (Lipinski definition) is 0. The van der Waals surface area contributed by atoms with Crippen LogP contribution in [0.3, 0.4) is 0 Å². The molecule has 5 nitrogen and oxygen atoms in total. The van der Waals surface area contributed by atoms with Crippen LogP contribution in [0.25, 0.3) is 0 Å². The highest BCUT2D eigenvalue weighted by Crippen LogP contribution is 2.28. The summed E-state index contributed by atoms with van der Waals surface area (Å²) in [6.45, 7) is 0.158. The second-order valence-corrected chi connectivity index (χ2v) is 5.38. The van der Waals surface area contributed by atoms with Gasteiger partial charge in [-0.25, -0.2) is 4.79 Å². The molecule has 0 radical (unpaired) electrons. The van der Waals surface area contributed by atoms with E-state index in [9.17, 15) is 14.9 Å². The second-order valence-electron chi connectivity index (χ2n) is 3.55. The van der Waals surface area contributed by atoms with E-state index in [4.69, 9.17) is 4.74 Å². The lowest BCUT2D eigenvalue weighted by atomic mass is 10.2. The van der Waals surface area contributed by atoms with E-state index in [1.54, 1.807) is 0 Å². The molecule has 0 amide bonds. The third-order valence-electron chi connectivity index (χ3n) is 2.32. The molecular formula is C12H8BrNO4S. The summed E-state index contributed by atoms with van der Waals surface area (Å²) in [4.78, 5) is 23.0. The van der Waals surface area contributed by atoms with Crippen LogP contribution >= 0.6 is 27.3 Å². The fraction of sp³-hybridized carbons (Fsp3) is 0.0833. The molecule has 0 saturated carbocycles. The predicted octanol–water partition coefficient (Wildman–Crippen LogP) is 3.78. The van der Waals surface area contributed by atoms with E-state index in [-0.39, 0.29) is 22.3 Å². The first-order chi connectivity index (χ1) is 9.09. The third-order valence-corrected chi connectivity index (χ3v) is 4.00. The minimum atomic E-state index is -0.594. The van der Waals surface area contributed by atoms with E-state index in [1.165, 1.54) is 29.5 Å². The fourth-order valence-electron chi connectivity index (χ4n) is 1.43. The summed E-state index contributed by atoms with van der Waals surface area (Å²) in [6.07, 6.45) is 0. The lowest BCUT2D eigenvalue weighted by Crippen LogP contribution is -2.06. The minimum absolute atomic E-state index is 0.135. The maximum atomic E-state index is 11.9. The minimum Gasteiger partial charge on any atom is -0.456 e. The van der Waals surface area contributed by atoms with Crippen LogP contribution in [0.2, 0.25) is 0 Å². The summed E-state index contributed by atoms with van der Waals surface area (Å²) >= 11 is 4.54. The number of halogens is 1. The Morgan fingerprint density at radius 3 is 2.79 bits per heavy atom. The molecule has 19 heavy (non-hydrogen) atoms. The first-order valence-corrected chi connectivity index (χ1v) is 6.89. The normalized spacial score (nSPS) is 10.2. The molecule has 7 heteroatoms. The van der Waals surface area contributed by atoms with Crippen molar-refractivity contribution in [1.82, 2.24) is 0 Å². The number of thiophene rings is 1. The van der Waals surface area contributed by atoms with Crippen LogP contribution in [0.1, 0.15) is 15.2 Å². The quantitative estimate of drug-likeness (QED) is 0.482. The molecule has 0 aliphatic heterocycles. The van der Waals surface area contributed by atoms with Gasteiger partial charge in [0.1, 0.15) is 11.1 Å². The number of carbonyl (C=O) groups excluding carboxylic acids is 1. The predicted molar refractivity (Wildman–Crippen MR) is 74.2 cm³/mol. The van der Waals surface area contributed by atoms with Crippen molar-refractivity contribution < 1.29 is 14.5 Å². The van der Waals surface area contributed by atoms with Gasteiger partial charge in [0.25, 0.3) is 5.69 Å². The zero-order valence-electron chi connectivity index (χ0n) is 9.54. The molecule has 0 aliphatic rings. The van der Waals surface area contributed by atoms with Gasteiger partial charge in [-0.15, -0.1) is 11.3 Å². The zero-order valence-corrected chi connectivity index (χ0v) is 11.9. The first-order valence-electron chi connectivity index (χ1n) is 5.22. The van der Waals surface area contributed by atoms with Gasteiger partial charge >= 0.3 is 5.97 Å². The third kappa shape index (κ3) is 3.18. The molecule has 1 aromatic heterocycles. The second kappa shape index (κ2) is 5.94. The molecule has 2 rings (SSSR count). The molecule has 0 fully saturated rings. The maximum Gasteiger partial charge on any atom is 0.339 e. The van der Waals surface area contributed by atoms with Gasteiger partial charge in [0.2, 0.25) is 0 Å². The number of rotatable bonds is 4. The fourth-order valence-corrected chi connectivity index (χ4v) is 2.61. The van der Waals surface area contributed by atoms with Gasteiger partial charge in [-0.1, -0.05) is 12.1 Å². The Hall–Kier alpha value is -1.73. The molecule has 0 aliphatic carbocycles. The Labute approximate surface area is 121 Å². The Balaban J connectivity index is 2.15. The summed E-state index contributed by atoms with van der Waals surface area (Å²) in [5.41, 5.74) is -0.0173. The molecule has 1 heterocycles. The molecule has 0 atom stereocenters. The van der Waals surface area contributed by atoms with Gasteiger partial charge in [-0.05, 0) is 33.4 Å². The van der Waals surface area contributed by atoms with Gasteiger partial charge < -0.3 is 4.74 Å². The molecule has 1 aromatic carbocycles. The van der Waals surface area contributed by atoms with Crippen molar-refractivity contribution in [3.63, 3.8) is 0 Å². The first kappa shape index (κ1) is 13.7. The Morgan fingerprint density at radius 2 is 2.16 bits per heavy atom. The lowest BCUT2D eigenvalue weighted by Gasteiger charge is -2.05. The number of esters is 1. The number of nitro benzene ring substituents is 1. The highest BCUT2D eigenvalue weighted by atomic mass is 79.9. The van der Waals surface area contributed by atoms with Gasteiger partial charge in [-0.2, -0.15) is 0 Å². The molecule has 0 saturated heterocycles. The topological polar surface area (TPSA) is 69.4 Å². The van der Waals surface area contributed by atoms with Crippen LogP contribution in [0.5, 0.6) is 0 Å². The number of ether oxygens (including phenoxy) is 1. The number of hydrogen-bond acceptors (Lipinski definition) is 5. The van der Waals surface area contributed by atoms with E-state index in [2.05, 4.69) is 15.9 Å². The van der Waals surface area contributed by atoms with Crippen molar-refractivity contribution in [2.75, 3.05) is 0 Å². The van der Waals surface area contributed by atoms with E-state index < -0.39 is 10.9 Å². The molecule has 0 spiro atoms. The summed E-state index contributed by atoms with van der Waals surface area (Å²) < 4.78 is 5.24. The van der Waals surface area contributed by atoms with Crippen LogP contribution in [0.15, 0.2) is 40.2 Å². The SMILES string of the molecule is O=C(OCc1cccs1)c1cccc([N+](=O)[O-])c1Br. The molecular weight excluding hydrogens is 334 g/mol. The molecule has 0 N–H and O–H groups in total. The Kier molecular flexibility index (Phi) is 4.28. The van der Waals surface area contributed by atoms with Gasteiger partial charge in [-0.3, -0.25) is 10.1 Å². The zero-order chi connectivity index (χ0) is 13.8. The molecule has 0 unspecified atom stereocenters. The summed E-state index contributed by atoms with van der Waals surface area (Å²) in [5.74, 6) is -0.594. The summed E-state index contributed by atoms with van der Waals surface area (Å²) in [7, 11) is 0. The number of nitro groups is 1. The van der Waals surface area contributed by atoms with Crippen LogP contribution in [-0.4, -0.2) is 10.9 Å². The number of carbonyl (C=O) groups is 1. The van der Waals surface area contributed by atoms with E-state index in [0.717, 1.165) is 4.88 Å². The van der Waals surface area contributed by atoms with Gasteiger partial charge in [0.15, 0.2) is 0 Å². The largest absolute Gasteiger partial charge is 0.456 e. The molecule has 0 bridgehead atoms. The van der Waals surface area contributed by atoms with E-state index >= 15 is 0 Å². The lowest BCUT2D eigenvalue weighted by molar-refractivity contribution is -0.385. The highest BCUT2D eigenvalue weighted by molar-refractivity contribution is 9.10. The van der Waals surface area contributed by atoms with E-state index in [1.807, 2.05) is 17.5 Å². The van der Waals surface area contributed by atoms with Crippen molar-refractivity contribution in [2.45, 2.75) is 6.61 Å². The maximum absolute atomic E-state index is 11.9. The summed E-state index contributed by atoms with van der Waals surface area (Å²) in [5, 5.41) is 12.6. The molecule has 98 valence electrons. The van der Waals surface area contributed by atoms with E-state index in [0.29, 0.717) is 0 Å². The smallest absolute Gasteiger partial charge is 0.339 e. The van der Waals surface area contributed by atoms with Crippen LogP contribution < -0.4 is 0 Å².